The topological polar surface area (TPSA) is 81.4 Å². The van der Waals surface area contributed by atoms with Crippen molar-refractivity contribution in [2.24, 2.45) is 0 Å². The molecule has 0 bridgehead atoms. The van der Waals surface area contributed by atoms with Crippen molar-refractivity contribution in [3.05, 3.63) is 23.3 Å². The van der Waals surface area contributed by atoms with Crippen LogP contribution in [0, 0.1) is 13.8 Å². The summed E-state index contributed by atoms with van der Waals surface area (Å²) in [6.07, 6.45) is 1.42. The maximum absolute atomic E-state index is 12.4. The minimum atomic E-state index is -3.52. The van der Waals surface area contributed by atoms with Gasteiger partial charge >= 0.3 is 0 Å². The number of rotatable bonds is 3. The number of anilines is 1. The van der Waals surface area contributed by atoms with Crippen LogP contribution >= 0.6 is 0 Å². The number of sulfonamides is 1. The predicted octanol–water partition coefficient (Wildman–Crippen LogP) is 1.34. The van der Waals surface area contributed by atoms with Crippen LogP contribution in [0.4, 0.5) is 5.69 Å². The van der Waals surface area contributed by atoms with Gasteiger partial charge < -0.3 is 10.5 Å². The third kappa shape index (κ3) is 3.26. The first-order valence-corrected chi connectivity index (χ1v) is 7.85. The summed E-state index contributed by atoms with van der Waals surface area (Å²) in [7, 11) is -3.52. The van der Waals surface area contributed by atoms with Crippen molar-refractivity contribution in [1.82, 2.24) is 4.72 Å². The van der Waals surface area contributed by atoms with Crippen molar-refractivity contribution in [3.8, 4) is 0 Å². The molecule has 0 atom stereocenters. The van der Waals surface area contributed by atoms with Gasteiger partial charge in [-0.25, -0.2) is 13.1 Å². The van der Waals surface area contributed by atoms with E-state index >= 15 is 0 Å². The van der Waals surface area contributed by atoms with Gasteiger partial charge in [0.05, 0.1) is 4.90 Å². The molecular weight excluding hydrogens is 264 g/mol. The first kappa shape index (κ1) is 14.3. The van der Waals surface area contributed by atoms with E-state index in [9.17, 15) is 8.42 Å². The molecule has 106 valence electrons. The van der Waals surface area contributed by atoms with E-state index in [4.69, 9.17) is 10.5 Å². The number of hydrogen-bond acceptors (Lipinski definition) is 4. The Bertz CT molecular complexity index is 563. The number of hydrogen-bond donors (Lipinski definition) is 2. The van der Waals surface area contributed by atoms with Gasteiger partial charge in [-0.3, -0.25) is 0 Å². The second-order valence-corrected chi connectivity index (χ2v) is 6.67. The fourth-order valence-electron chi connectivity index (χ4n) is 2.23. The first-order chi connectivity index (χ1) is 8.90. The van der Waals surface area contributed by atoms with Gasteiger partial charge in [0.15, 0.2) is 0 Å². The van der Waals surface area contributed by atoms with E-state index in [1.807, 2.05) is 6.92 Å². The van der Waals surface area contributed by atoms with E-state index in [1.54, 1.807) is 19.1 Å². The summed E-state index contributed by atoms with van der Waals surface area (Å²) in [6, 6.07) is 3.38. The zero-order valence-electron chi connectivity index (χ0n) is 11.3. The van der Waals surface area contributed by atoms with E-state index < -0.39 is 10.0 Å². The summed E-state index contributed by atoms with van der Waals surface area (Å²) in [5.41, 5.74) is 7.79. The highest BCUT2D eigenvalue weighted by Gasteiger charge is 2.24. The normalized spacial score (nSPS) is 17.6. The van der Waals surface area contributed by atoms with Gasteiger partial charge in [-0.2, -0.15) is 0 Å². The van der Waals surface area contributed by atoms with Crippen LogP contribution in [0.25, 0.3) is 0 Å². The van der Waals surface area contributed by atoms with Gasteiger partial charge in [0.1, 0.15) is 0 Å². The molecule has 0 spiro atoms. The monoisotopic (exact) mass is 284 g/mol. The second kappa shape index (κ2) is 5.48. The van der Waals surface area contributed by atoms with Crippen LogP contribution in [0.5, 0.6) is 0 Å². The van der Waals surface area contributed by atoms with Crippen molar-refractivity contribution in [1.29, 1.82) is 0 Å². The van der Waals surface area contributed by atoms with Gasteiger partial charge in [0, 0.05) is 24.9 Å². The first-order valence-electron chi connectivity index (χ1n) is 6.37. The van der Waals surface area contributed by atoms with Crippen LogP contribution in [-0.2, 0) is 14.8 Å². The van der Waals surface area contributed by atoms with Gasteiger partial charge in [-0.15, -0.1) is 0 Å². The number of ether oxygens (including phenoxy) is 1. The zero-order chi connectivity index (χ0) is 14.0. The highest BCUT2D eigenvalue weighted by molar-refractivity contribution is 7.89. The average molecular weight is 284 g/mol. The van der Waals surface area contributed by atoms with Crippen molar-refractivity contribution in [2.45, 2.75) is 37.6 Å². The molecular formula is C13H20N2O3S. The molecule has 0 unspecified atom stereocenters. The number of nitrogens with two attached hydrogens (primary N) is 1. The Morgan fingerprint density at radius 1 is 1.26 bits per heavy atom. The molecule has 1 aromatic carbocycles. The van der Waals surface area contributed by atoms with Crippen molar-refractivity contribution < 1.29 is 13.2 Å². The van der Waals surface area contributed by atoms with Crippen LogP contribution in [0.3, 0.4) is 0 Å². The SMILES string of the molecule is Cc1cc(N)c(C)c(S(=O)(=O)NC2CCOCC2)c1. The molecule has 6 heteroatoms. The van der Waals surface area contributed by atoms with E-state index in [0.717, 1.165) is 5.56 Å². The molecule has 0 saturated carbocycles. The third-order valence-electron chi connectivity index (χ3n) is 3.38. The van der Waals surface area contributed by atoms with Crippen LogP contribution in [-0.4, -0.2) is 27.7 Å². The lowest BCUT2D eigenvalue weighted by molar-refractivity contribution is 0.0832. The molecule has 1 aliphatic rings. The molecule has 0 amide bonds. The Kier molecular flexibility index (Phi) is 4.13. The van der Waals surface area contributed by atoms with Crippen LogP contribution in [0.2, 0.25) is 0 Å². The number of nitrogen functional groups attached to an aromatic ring is 1. The lowest BCUT2D eigenvalue weighted by atomic mass is 10.1. The maximum Gasteiger partial charge on any atom is 0.241 e. The van der Waals surface area contributed by atoms with Crippen molar-refractivity contribution in [2.75, 3.05) is 18.9 Å². The van der Waals surface area contributed by atoms with Crippen LogP contribution < -0.4 is 10.5 Å². The Balaban J connectivity index is 2.28. The second-order valence-electron chi connectivity index (χ2n) is 4.99. The Labute approximate surface area is 114 Å². The van der Waals surface area contributed by atoms with Crippen LogP contribution in [0.15, 0.2) is 17.0 Å². The highest BCUT2D eigenvalue weighted by atomic mass is 32.2. The average Bonchev–Trinajstić information content (AvgIpc) is 2.34. The highest BCUT2D eigenvalue weighted by Crippen LogP contribution is 2.23. The predicted molar refractivity (Wildman–Crippen MR) is 74.5 cm³/mol. The molecule has 0 radical (unpaired) electrons. The summed E-state index contributed by atoms with van der Waals surface area (Å²) < 4.78 is 32.8. The summed E-state index contributed by atoms with van der Waals surface area (Å²) in [5.74, 6) is 0. The molecule has 5 nitrogen and oxygen atoms in total. The van der Waals surface area contributed by atoms with E-state index in [0.29, 0.717) is 37.3 Å². The Morgan fingerprint density at radius 2 is 1.89 bits per heavy atom. The molecule has 0 aliphatic carbocycles. The van der Waals surface area contributed by atoms with Crippen molar-refractivity contribution >= 4 is 15.7 Å². The molecule has 1 aliphatic heterocycles. The number of benzene rings is 1. The minimum Gasteiger partial charge on any atom is -0.398 e. The molecule has 19 heavy (non-hydrogen) atoms. The van der Waals surface area contributed by atoms with E-state index in [1.165, 1.54) is 0 Å². The lowest BCUT2D eigenvalue weighted by Crippen LogP contribution is -2.39. The smallest absolute Gasteiger partial charge is 0.241 e. The van der Waals surface area contributed by atoms with Gasteiger partial charge in [-0.05, 0) is 49.9 Å². The maximum atomic E-state index is 12.4. The Hall–Kier alpha value is -1.11. The number of aryl methyl sites for hydroxylation is 1. The van der Waals surface area contributed by atoms with Crippen molar-refractivity contribution in [3.63, 3.8) is 0 Å². The minimum absolute atomic E-state index is 0.0557. The third-order valence-corrected chi connectivity index (χ3v) is 5.02. The Morgan fingerprint density at radius 3 is 2.53 bits per heavy atom. The summed E-state index contributed by atoms with van der Waals surface area (Å²) in [6.45, 7) is 4.76. The number of nitrogens with one attached hydrogen (secondary N) is 1. The summed E-state index contributed by atoms with van der Waals surface area (Å²) >= 11 is 0. The molecule has 3 N–H and O–H groups in total. The van der Waals surface area contributed by atoms with E-state index in [2.05, 4.69) is 4.72 Å². The van der Waals surface area contributed by atoms with Crippen LogP contribution in [0.1, 0.15) is 24.0 Å². The fraction of sp³-hybridized carbons (Fsp3) is 0.538. The molecule has 1 saturated heterocycles. The standard InChI is InChI=1S/C13H20N2O3S/c1-9-7-12(14)10(2)13(8-9)19(16,17)15-11-3-5-18-6-4-11/h7-8,11,15H,3-6,14H2,1-2H3. The summed E-state index contributed by atoms with van der Waals surface area (Å²) in [5, 5.41) is 0. The molecule has 1 fully saturated rings. The quantitative estimate of drug-likeness (QED) is 0.821. The molecule has 0 aromatic heterocycles. The van der Waals surface area contributed by atoms with E-state index in [-0.39, 0.29) is 10.9 Å². The molecule has 1 heterocycles. The lowest BCUT2D eigenvalue weighted by Gasteiger charge is -2.23. The molecule has 1 aromatic rings. The molecule has 2 rings (SSSR count). The largest absolute Gasteiger partial charge is 0.398 e. The van der Waals surface area contributed by atoms with Gasteiger partial charge in [0.25, 0.3) is 0 Å². The zero-order valence-corrected chi connectivity index (χ0v) is 12.1. The fourth-order valence-corrected chi connectivity index (χ4v) is 3.89. The van der Waals surface area contributed by atoms with Gasteiger partial charge in [0.2, 0.25) is 10.0 Å². The summed E-state index contributed by atoms with van der Waals surface area (Å²) in [4.78, 5) is 0.275. The van der Waals surface area contributed by atoms with Gasteiger partial charge in [-0.1, -0.05) is 0 Å².